The highest BCUT2D eigenvalue weighted by molar-refractivity contribution is 6.33. The Morgan fingerprint density at radius 2 is 2.06 bits per heavy atom. The smallest absolute Gasteiger partial charge is 0.255 e. The molecular formula is C11H12ClF2NO2. The van der Waals surface area contributed by atoms with Gasteiger partial charge in [0.15, 0.2) is 0 Å². The number of aliphatic hydroxyl groups is 1. The average molecular weight is 264 g/mol. The molecule has 1 aromatic carbocycles. The number of hydrogen-bond acceptors (Lipinski definition) is 2. The van der Waals surface area contributed by atoms with E-state index in [2.05, 4.69) is 0 Å². The van der Waals surface area contributed by atoms with Crippen LogP contribution in [-0.4, -0.2) is 42.0 Å². The van der Waals surface area contributed by atoms with E-state index in [0.29, 0.717) is 0 Å². The fourth-order valence-electron chi connectivity index (χ4n) is 1.37. The molecule has 94 valence electrons. The Bertz CT molecular complexity index is 387. The van der Waals surface area contributed by atoms with Crippen LogP contribution in [0.3, 0.4) is 0 Å². The van der Waals surface area contributed by atoms with Gasteiger partial charge in [0, 0.05) is 6.54 Å². The van der Waals surface area contributed by atoms with Gasteiger partial charge in [-0.3, -0.25) is 4.79 Å². The molecule has 0 aliphatic rings. The predicted molar refractivity (Wildman–Crippen MR) is 60.4 cm³/mol. The summed E-state index contributed by atoms with van der Waals surface area (Å²) in [5.74, 6) is -0.607. The molecule has 0 radical (unpaired) electrons. The quantitative estimate of drug-likeness (QED) is 0.883. The summed E-state index contributed by atoms with van der Waals surface area (Å²) >= 11 is 5.80. The Morgan fingerprint density at radius 3 is 2.59 bits per heavy atom. The van der Waals surface area contributed by atoms with Gasteiger partial charge in [-0.2, -0.15) is 0 Å². The van der Waals surface area contributed by atoms with E-state index in [0.717, 1.165) is 4.90 Å². The van der Waals surface area contributed by atoms with E-state index >= 15 is 0 Å². The highest BCUT2D eigenvalue weighted by atomic mass is 35.5. The Kier molecular flexibility index (Phi) is 5.31. The molecular weight excluding hydrogens is 252 g/mol. The van der Waals surface area contributed by atoms with Crippen molar-refractivity contribution in [2.45, 2.75) is 6.43 Å². The van der Waals surface area contributed by atoms with Crippen LogP contribution < -0.4 is 0 Å². The number of carbonyl (C=O) groups excluding carboxylic acids is 1. The van der Waals surface area contributed by atoms with E-state index in [1.165, 1.54) is 12.1 Å². The maximum Gasteiger partial charge on any atom is 0.255 e. The van der Waals surface area contributed by atoms with Crippen molar-refractivity contribution in [2.75, 3.05) is 19.7 Å². The summed E-state index contributed by atoms with van der Waals surface area (Å²) in [6, 6.07) is 6.20. The van der Waals surface area contributed by atoms with Crippen molar-refractivity contribution in [1.82, 2.24) is 4.90 Å². The van der Waals surface area contributed by atoms with Crippen LogP contribution in [0.25, 0.3) is 0 Å². The summed E-state index contributed by atoms with van der Waals surface area (Å²) in [7, 11) is 0. The SMILES string of the molecule is O=C(c1ccccc1Cl)N(CCO)CC(F)F. The van der Waals surface area contributed by atoms with Crippen LogP contribution in [0.1, 0.15) is 10.4 Å². The number of halogens is 3. The Balaban J connectivity index is 2.88. The lowest BCUT2D eigenvalue weighted by atomic mass is 10.2. The first-order valence-corrected chi connectivity index (χ1v) is 5.37. The van der Waals surface area contributed by atoms with E-state index in [9.17, 15) is 13.6 Å². The second kappa shape index (κ2) is 6.51. The molecule has 0 aliphatic heterocycles. The number of rotatable bonds is 5. The Hall–Kier alpha value is -1.20. The third-order valence-corrected chi connectivity index (χ3v) is 2.45. The number of benzene rings is 1. The molecule has 0 saturated carbocycles. The van der Waals surface area contributed by atoms with Gasteiger partial charge in [0.25, 0.3) is 12.3 Å². The lowest BCUT2D eigenvalue weighted by Gasteiger charge is -2.21. The maximum absolute atomic E-state index is 12.3. The second-order valence-electron chi connectivity index (χ2n) is 3.35. The van der Waals surface area contributed by atoms with Crippen LogP contribution in [0.5, 0.6) is 0 Å². The highest BCUT2D eigenvalue weighted by Gasteiger charge is 2.20. The summed E-state index contributed by atoms with van der Waals surface area (Å²) in [4.78, 5) is 12.8. The molecule has 0 spiro atoms. The first-order chi connectivity index (χ1) is 8.06. The zero-order chi connectivity index (χ0) is 12.8. The van der Waals surface area contributed by atoms with Crippen molar-refractivity contribution in [3.05, 3.63) is 34.9 Å². The van der Waals surface area contributed by atoms with Crippen LogP contribution in [0.4, 0.5) is 8.78 Å². The zero-order valence-corrected chi connectivity index (χ0v) is 9.70. The van der Waals surface area contributed by atoms with Gasteiger partial charge in [0.2, 0.25) is 0 Å². The zero-order valence-electron chi connectivity index (χ0n) is 8.94. The van der Waals surface area contributed by atoms with Crippen LogP contribution in [0.2, 0.25) is 5.02 Å². The van der Waals surface area contributed by atoms with Crippen molar-refractivity contribution in [1.29, 1.82) is 0 Å². The molecule has 0 aliphatic carbocycles. The van der Waals surface area contributed by atoms with Crippen LogP contribution >= 0.6 is 11.6 Å². The summed E-state index contributed by atoms with van der Waals surface area (Å²) in [6.07, 6.45) is -2.65. The first kappa shape index (κ1) is 13.9. The van der Waals surface area contributed by atoms with E-state index in [1.54, 1.807) is 12.1 Å². The van der Waals surface area contributed by atoms with Gasteiger partial charge < -0.3 is 10.0 Å². The summed E-state index contributed by atoms with van der Waals surface area (Å²) in [6.45, 7) is -1.23. The number of nitrogens with zero attached hydrogens (tertiary/aromatic N) is 1. The summed E-state index contributed by atoms with van der Waals surface area (Å²) in [5.41, 5.74) is 0.156. The van der Waals surface area contributed by atoms with Crippen molar-refractivity contribution in [2.24, 2.45) is 0 Å². The minimum absolute atomic E-state index is 0.144. The molecule has 0 atom stereocenters. The number of amides is 1. The fraction of sp³-hybridized carbons (Fsp3) is 0.364. The van der Waals surface area contributed by atoms with Crippen LogP contribution in [0.15, 0.2) is 24.3 Å². The number of alkyl halides is 2. The van der Waals surface area contributed by atoms with Gasteiger partial charge in [-0.1, -0.05) is 23.7 Å². The van der Waals surface area contributed by atoms with Gasteiger partial charge in [-0.15, -0.1) is 0 Å². The third-order valence-electron chi connectivity index (χ3n) is 2.12. The van der Waals surface area contributed by atoms with Gasteiger partial charge in [0.1, 0.15) is 0 Å². The first-order valence-electron chi connectivity index (χ1n) is 4.99. The maximum atomic E-state index is 12.3. The molecule has 0 fully saturated rings. The topological polar surface area (TPSA) is 40.5 Å². The van der Waals surface area contributed by atoms with E-state index in [-0.39, 0.29) is 23.7 Å². The molecule has 1 amide bonds. The summed E-state index contributed by atoms with van der Waals surface area (Å²) in [5, 5.41) is 8.95. The lowest BCUT2D eigenvalue weighted by molar-refractivity contribution is 0.0509. The van der Waals surface area contributed by atoms with Gasteiger partial charge >= 0.3 is 0 Å². The van der Waals surface area contributed by atoms with Crippen LogP contribution in [-0.2, 0) is 0 Å². The minimum atomic E-state index is -2.65. The molecule has 1 aromatic rings. The van der Waals surface area contributed by atoms with Gasteiger partial charge in [-0.25, -0.2) is 8.78 Å². The molecule has 0 heterocycles. The minimum Gasteiger partial charge on any atom is -0.395 e. The molecule has 1 rings (SSSR count). The van der Waals surface area contributed by atoms with Crippen molar-refractivity contribution in [3.63, 3.8) is 0 Å². The van der Waals surface area contributed by atoms with Crippen molar-refractivity contribution < 1.29 is 18.7 Å². The molecule has 0 saturated heterocycles. The van der Waals surface area contributed by atoms with E-state index in [1.807, 2.05) is 0 Å². The molecule has 0 unspecified atom stereocenters. The Morgan fingerprint density at radius 1 is 1.41 bits per heavy atom. The third kappa shape index (κ3) is 3.94. The number of hydrogen-bond donors (Lipinski definition) is 1. The van der Waals surface area contributed by atoms with Crippen molar-refractivity contribution in [3.8, 4) is 0 Å². The Labute approximate surface area is 103 Å². The van der Waals surface area contributed by atoms with Gasteiger partial charge in [-0.05, 0) is 12.1 Å². The average Bonchev–Trinajstić information content (AvgIpc) is 2.28. The normalized spacial score (nSPS) is 10.6. The fourth-order valence-corrected chi connectivity index (χ4v) is 1.58. The lowest BCUT2D eigenvalue weighted by Crippen LogP contribution is -2.37. The standard InChI is InChI=1S/C11H12ClF2NO2/c12-9-4-2-1-3-8(9)11(17)15(5-6-16)7-10(13)14/h1-4,10,16H,5-7H2. The second-order valence-corrected chi connectivity index (χ2v) is 3.75. The monoisotopic (exact) mass is 263 g/mol. The predicted octanol–water partition coefficient (Wildman–Crippen LogP) is 2.04. The largest absolute Gasteiger partial charge is 0.395 e. The van der Waals surface area contributed by atoms with E-state index < -0.39 is 18.9 Å². The highest BCUT2D eigenvalue weighted by Crippen LogP contribution is 2.17. The van der Waals surface area contributed by atoms with Crippen molar-refractivity contribution >= 4 is 17.5 Å². The molecule has 17 heavy (non-hydrogen) atoms. The molecule has 0 bridgehead atoms. The molecule has 1 N–H and O–H groups in total. The number of carbonyl (C=O) groups is 1. The molecule has 3 nitrogen and oxygen atoms in total. The molecule has 0 aromatic heterocycles. The molecule has 6 heteroatoms. The van der Waals surface area contributed by atoms with Gasteiger partial charge in [0.05, 0.1) is 23.7 Å². The number of aliphatic hydroxyl groups excluding tert-OH is 1. The van der Waals surface area contributed by atoms with Crippen LogP contribution in [0, 0.1) is 0 Å². The van der Waals surface area contributed by atoms with E-state index in [4.69, 9.17) is 16.7 Å². The summed E-state index contributed by atoms with van der Waals surface area (Å²) < 4.78 is 24.6.